The van der Waals surface area contributed by atoms with Crippen LogP contribution in [0.25, 0.3) is 6.08 Å². The third-order valence-electron chi connectivity index (χ3n) is 4.13. The highest BCUT2D eigenvalue weighted by molar-refractivity contribution is 9.10. The summed E-state index contributed by atoms with van der Waals surface area (Å²) in [7, 11) is 1.48. The number of ether oxygens (including phenoxy) is 2. The summed E-state index contributed by atoms with van der Waals surface area (Å²) in [5.74, 6) is -0.631. The Labute approximate surface area is 189 Å². The van der Waals surface area contributed by atoms with Gasteiger partial charge >= 0.3 is 6.03 Å². The van der Waals surface area contributed by atoms with Crippen LogP contribution in [0.4, 0.5) is 10.5 Å². The van der Waals surface area contributed by atoms with Crippen LogP contribution in [0.5, 0.6) is 11.5 Å². The minimum Gasteiger partial charge on any atom is -0.493 e. The van der Waals surface area contributed by atoms with E-state index in [0.717, 1.165) is 9.37 Å². The SMILES string of the molecule is C=CCOc1cc(Br)c(/C=C2\C(=O)NC(=O)N(c3ccc(Br)cc3)C2=O)cc1OC. The van der Waals surface area contributed by atoms with Crippen molar-refractivity contribution in [1.82, 2.24) is 5.32 Å². The number of methoxy groups -OCH3 is 1. The number of nitrogens with zero attached hydrogens (tertiary/aromatic N) is 1. The molecule has 0 radical (unpaired) electrons. The van der Waals surface area contributed by atoms with E-state index in [1.807, 2.05) is 0 Å². The molecule has 0 saturated carbocycles. The minimum absolute atomic E-state index is 0.194. The summed E-state index contributed by atoms with van der Waals surface area (Å²) < 4.78 is 12.2. The molecule has 30 heavy (non-hydrogen) atoms. The van der Waals surface area contributed by atoms with Gasteiger partial charge in [-0.3, -0.25) is 14.9 Å². The summed E-state index contributed by atoms with van der Waals surface area (Å²) in [6.45, 7) is 3.89. The van der Waals surface area contributed by atoms with Crippen molar-refractivity contribution in [1.29, 1.82) is 0 Å². The molecule has 0 aromatic heterocycles. The maximum Gasteiger partial charge on any atom is 0.335 e. The number of hydrogen-bond donors (Lipinski definition) is 1. The fraction of sp³-hybridized carbons (Fsp3) is 0.0952. The number of amides is 4. The summed E-state index contributed by atoms with van der Waals surface area (Å²) in [5, 5.41) is 2.20. The molecule has 0 atom stereocenters. The second kappa shape index (κ2) is 9.27. The molecule has 0 spiro atoms. The summed E-state index contributed by atoms with van der Waals surface area (Å²) in [6.07, 6.45) is 2.99. The van der Waals surface area contributed by atoms with Gasteiger partial charge in [0.05, 0.1) is 12.8 Å². The largest absolute Gasteiger partial charge is 0.493 e. The predicted molar refractivity (Wildman–Crippen MR) is 120 cm³/mol. The van der Waals surface area contributed by atoms with Crippen molar-refractivity contribution >= 4 is 61.5 Å². The van der Waals surface area contributed by atoms with Gasteiger partial charge in [0.25, 0.3) is 11.8 Å². The number of nitrogens with one attached hydrogen (secondary N) is 1. The molecule has 7 nitrogen and oxygen atoms in total. The van der Waals surface area contributed by atoms with Gasteiger partial charge in [-0.15, -0.1) is 0 Å². The Morgan fingerprint density at radius 1 is 1.10 bits per heavy atom. The fourth-order valence-corrected chi connectivity index (χ4v) is 3.42. The number of imide groups is 2. The highest BCUT2D eigenvalue weighted by Gasteiger charge is 2.37. The van der Waals surface area contributed by atoms with Gasteiger partial charge in [0.2, 0.25) is 0 Å². The molecule has 1 aliphatic rings. The topological polar surface area (TPSA) is 84.9 Å². The van der Waals surface area contributed by atoms with E-state index >= 15 is 0 Å². The Morgan fingerprint density at radius 2 is 1.80 bits per heavy atom. The Balaban J connectivity index is 2.02. The maximum atomic E-state index is 13.0. The lowest BCUT2D eigenvalue weighted by Gasteiger charge is -2.26. The third kappa shape index (κ3) is 4.47. The Bertz CT molecular complexity index is 1060. The van der Waals surface area contributed by atoms with Crippen molar-refractivity contribution in [3.05, 3.63) is 69.1 Å². The predicted octanol–water partition coefficient (Wildman–Crippen LogP) is 4.45. The van der Waals surface area contributed by atoms with Crippen molar-refractivity contribution in [3.63, 3.8) is 0 Å². The molecule has 0 aliphatic carbocycles. The summed E-state index contributed by atoms with van der Waals surface area (Å²) in [4.78, 5) is 38.6. The first-order valence-corrected chi connectivity index (χ1v) is 10.2. The van der Waals surface area contributed by atoms with E-state index in [0.29, 0.717) is 27.2 Å². The van der Waals surface area contributed by atoms with Gasteiger partial charge in [0.15, 0.2) is 11.5 Å². The van der Waals surface area contributed by atoms with E-state index in [-0.39, 0.29) is 12.2 Å². The molecule has 9 heteroatoms. The van der Waals surface area contributed by atoms with E-state index in [1.54, 1.807) is 42.5 Å². The Morgan fingerprint density at radius 3 is 2.43 bits per heavy atom. The lowest BCUT2D eigenvalue weighted by molar-refractivity contribution is -0.122. The molecular weight excluding hydrogens is 520 g/mol. The molecule has 0 unspecified atom stereocenters. The average Bonchev–Trinajstić information content (AvgIpc) is 2.71. The number of urea groups is 1. The first-order valence-electron chi connectivity index (χ1n) is 8.64. The molecule has 3 rings (SSSR count). The Hall–Kier alpha value is -2.91. The number of benzene rings is 2. The van der Waals surface area contributed by atoms with Crippen molar-refractivity contribution in [2.75, 3.05) is 18.6 Å². The zero-order valence-electron chi connectivity index (χ0n) is 15.8. The molecule has 0 bridgehead atoms. The van der Waals surface area contributed by atoms with Crippen LogP contribution in [0, 0.1) is 0 Å². The standard InChI is InChI=1S/C21H16Br2N2O5/c1-3-8-30-18-11-16(23)12(10-17(18)29-2)9-15-19(26)24-21(28)25(20(15)27)14-6-4-13(22)5-7-14/h3-7,9-11H,1,8H2,2H3,(H,24,26,28)/b15-9+. The van der Waals surface area contributed by atoms with E-state index in [9.17, 15) is 14.4 Å². The molecule has 2 aromatic rings. The van der Waals surface area contributed by atoms with Crippen LogP contribution in [-0.4, -0.2) is 31.6 Å². The molecule has 2 aromatic carbocycles. The monoisotopic (exact) mass is 534 g/mol. The molecule has 1 heterocycles. The highest BCUT2D eigenvalue weighted by Crippen LogP contribution is 2.35. The molecule has 154 valence electrons. The molecule has 1 saturated heterocycles. The van der Waals surface area contributed by atoms with Gasteiger partial charge in [-0.05, 0) is 48.0 Å². The lowest BCUT2D eigenvalue weighted by Crippen LogP contribution is -2.54. The fourth-order valence-electron chi connectivity index (χ4n) is 2.72. The molecule has 1 fully saturated rings. The van der Waals surface area contributed by atoms with E-state index < -0.39 is 17.8 Å². The van der Waals surface area contributed by atoms with Crippen molar-refractivity contribution in [2.45, 2.75) is 0 Å². The van der Waals surface area contributed by atoms with Crippen LogP contribution in [0.3, 0.4) is 0 Å². The van der Waals surface area contributed by atoms with Crippen LogP contribution in [0.15, 0.2) is 63.6 Å². The number of anilines is 1. The number of carbonyl (C=O) groups is 3. The molecule has 4 amide bonds. The van der Waals surface area contributed by atoms with Gasteiger partial charge in [-0.2, -0.15) is 0 Å². The highest BCUT2D eigenvalue weighted by atomic mass is 79.9. The van der Waals surface area contributed by atoms with Gasteiger partial charge in [0.1, 0.15) is 12.2 Å². The average molecular weight is 536 g/mol. The number of barbiturate groups is 1. The second-order valence-electron chi connectivity index (χ2n) is 6.06. The number of hydrogen-bond acceptors (Lipinski definition) is 5. The molecule has 1 aliphatic heterocycles. The number of rotatable bonds is 6. The van der Waals surface area contributed by atoms with Crippen LogP contribution in [-0.2, 0) is 9.59 Å². The molecular formula is C21H16Br2N2O5. The lowest BCUT2D eigenvalue weighted by atomic mass is 10.1. The van der Waals surface area contributed by atoms with E-state index in [4.69, 9.17) is 9.47 Å². The second-order valence-corrected chi connectivity index (χ2v) is 7.83. The van der Waals surface area contributed by atoms with Gasteiger partial charge in [0, 0.05) is 8.95 Å². The Kier molecular flexibility index (Phi) is 6.73. The van der Waals surface area contributed by atoms with Gasteiger partial charge in [-0.1, -0.05) is 44.5 Å². The minimum atomic E-state index is -0.811. The van der Waals surface area contributed by atoms with Gasteiger partial charge < -0.3 is 9.47 Å². The zero-order chi connectivity index (χ0) is 21.8. The number of halogens is 2. The first-order chi connectivity index (χ1) is 14.3. The van der Waals surface area contributed by atoms with E-state index in [2.05, 4.69) is 43.8 Å². The summed E-state index contributed by atoms with van der Waals surface area (Å²) >= 11 is 6.72. The third-order valence-corrected chi connectivity index (χ3v) is 5.34. The van der Waals surface area contributed by atoms with Crippen LogP contribution < -0.4 is 19.7 Å². The van der Waals surface area contributed by atoms with Crippen molar-refractivity contribution in [2.24, 2.45) is 0 Å². The summed E-state index contributed by atoms with van der Waals surface area (Å²) in [6, 6.07) is 9.06. The van der Waals surface area contributed by atoms with Crippen LogP contribution in [0.2, 0.25) is 0 Å². The van der Waals surface area contributed by atoms with Crippen LogP contribution >= 0.6 is 31.9 Å². The van der Waals surface area contributed by atoms with Crippen LogP contribution in [0.1, 0.15) is 5.56 Å². The normalized spacial score (nSPS) is 15.2. The smallest absolute Gasteiger partial charge is 0.335 e. The zero-order valence-corrected chi connectivity index (χ0v) is 18.9. The van der Waals surface area contributed by atoms with Gasteiger partial charge in [-0.25, -0.2) is 9.69 Å². The molecule has 1 N–H and O–H groups in total. The number of carbonyl (C=O) groups excluding carboxylic acids is 3. The van der Waals surface area contributed by atoms with E-state index in [1.165, 1.54) is 13.2 Å². The quantitative estimate of drug-likeness (QED) is 0.335. The van der Waals surface area contributed by atoms with Crippen molar-refractivity contribution in [3.8, 4) is 11.5 Å². The first kappa shape index (κ1) is 21.8. The van der Waals surface area contributed by atoms with Crippen molar-refractivity contribution < 1.29 is 23.9 Å². The summed E-state index contributed by atoms with van der Waals surface area (Å²) in [5.41, 5.74) is 0.644. The maximum absolute atomic E-state index is 13.0.